The van der Waals surface area contributed by atoms with E-state index >= 15 is 0 Å². The van der Waals surface area contributed by atoms with Crippen LogP contribution < -0.4 is 5.73 Å². The molecule has 92 valence electrons. The molecule has 8 heteroatoms. The summed E-state index contributed by atoms with van der Waals surface area (Å²) in [5, 5.41) is 7.24. The standard InChI is InChI=1S/C8H16N4O2S2/c1-5-8(2,3)12(4)16(13,14)7-11-10-6(9)15-7/h5H2,1-4H3,(H2,9,10). The molecule has 0 saturated heterocycles. The molecule has 0 atom stereocenters. The van der Waals surface area contributed by atoms with E-state index in [9.17, 15) is 8.42 Å². The summed E-state index contributed by atoms with van der Waals surface area (Å²) in [5.74, 6) is 0. The Kier molecular flexibility index (Phi) is 3.56. The molecule has 6 nitrogen and oxygen atoms in total. The predicted octanol–water partition coefficient (Wildman–Crippen LogP) is 0.929. The Hall–Kier alpha value is -0.730. The summed E-state index contributed by atoms with van der Waals surface area (Å²) in [7, 11) is -2.05. The topological polar surface area (TPSA) is 89.2 Å². The Labute approximate surface area is 99.5 Å². The number of anilines is 1. The molecule has 0 fully saturated rings. The lowest BCUT2D eigenvalue weighted by atomic mass is 10.0. The first-order chi connectivity index (χ1) is 7.21. The number of nitrogens with two attached hydrogens (primary N) is 1. The van der Waals surface area contributed by atoms with Gasteiger partial charge in [0.15, 0.2) is 0 Å². The molecule has 0 bridgehead atoms. The second kappa shape index (κ2) is 4.27. The fourth-order valence-electron chi connectivity index (χ4n) is 0.990. The third-order valence-corrected chi connectivity index (χ3v) is 5.89. The summed E-state index contributed by atoms with van der Waals surface area (Å²) < 4.78 is 25.5. The molecule has 16 heavy (non-hydrogen) atoms. The molecule has 0 aromatic carbocycles. The molecular weight excluding hydrogens is 248 g/mol. The fourth-order valence-corrected chi connectivity index (χ4v) is 3.50. The SMILES string of the molecule is CCC(C)(C)N(C)S(=O)(=O)c1nnc(N)s1. The quantitative estimate of drug-likeness (QED) is 0.873. The molecule has 1 heterocycles. The van der Waals surface area contributed by atoms with Gasteiger partial charge < -0.3 is 5.73 Å². The average molecular weight is 264 g/mol. The number of aromatic nitrogens is 2. The van der Waals surface area contributed by atoms with Gasteiger partial charge >= 0.3 is 0 Å². The minimum absolute atomic E-state index is 0.0611. The van der Waals surface area contributed by atoms with E-state index in [2.05, 4.69) is 10.2 Å². The Morgan fingerprint density at radius 3 is 2.38 bits per heavy atom. The minimum atomic E-state index is -3.59. The summed E-state index contributed by atoms with van der Waals surface area (Å²) in [5.41, 5.74) is 4.92. The van der Waals surface area contributed by atoms with Crippen LogP contribution in [-0.2, 0) is 10.0 Å². The summed E-state index contributed by atoms with van der Waals surface area (Å²) >= 11 is 0.876. The molecule has 0 aliphatic heterocycles. The van der Waals surface area contributed by atoms with Crippen LogP contribution in [0.1, 0.15) is 27.2 Å². The van der Waals surface area contributed by atoms with Gasteiger partial charge in [-0.2, -0.15) is 4.31 Å². The van der Waals surface area contributed by atoms with Crippen molar-refractivity contribution in [2.75, 3.05) is 12.8 Å². The molecule has 1 aromatic rings. The van der Waals surface area contributed by atoms with Crippen LogP contribution in [0.5, 0.6) is 0 Å². The molecule has 0 aliphatic carbocycles. The van der Waals surface area contributed by atoms with E-state index in [1.807, 2.05) is 20.8 Å². The van der Waals surface area contributed by atoms with E-state index in [4.69, 9.17) is 5.73 Å². The lowest BCUT2D eigenvalue weighted by molar-refractivity contribution is 0.257. The van der Waals surface area contributed by atoms with Gasteiger partial charge in [-0.25, -0.2) is 8.42 Å². The number of hydrogen-bond acceptors (Lipinski definition) is 6. The van der Waals surface area contributed by atoms with Gasteiger partial charge in [0.2, 0.25) is 9.47 Å². The highest BCUT2D eigenvalue weighted by atomic mass is 32.2. The first-order valence-electron chi connectivity index (χ1n) is 4.80. The monoisotopic (exact) mass is 264 g/mol. The first-order valence-corrected chi connectivity index (χ1v) is 7.05. The Morgan fingerprint density at radius 2 is 2.00 bits per heavy atom. The minimum Gasteiger partial charge on any atom is -0.374 e. The highest BCUT2D eigenvalue weighted by Crippen LogP contribution is 2.27. The lowest BCUT2D eigenvalue weighted by Gasteiger charge is -2.32. The van der Waals surface area contributed by atoms with Gasteiger partial charge in [-0.1, -0.05) is 18.3 Å². The maximum absolute atomic E-state index is 12.1. The molecule has 1 aromatic heterocycles. The summed E-state index contributed by atoms with van der Waals surface area (Å²) in [6.45, 7) is 5.64. The van der Waals surface area contributed by atoms with Crippen LogP contribution in [0.15, 0.2) is 4.34 Å². The predicted molar refractivity (Wildman–Crippen MR) is 63.6 cm³/mol. The summed E-state index contributed by atoms with van der Waals surface area (Å²) in [6.07, 6.45) is 0.705. The normalized spacial score (nSPS) is 13.3. The first kappa shape index (κ1) is 13.3. The van der Waals surface area contributed by atoms with Gasteiger partial charge in [0.1, 0.15) is 0 Å². The maximum Gasteiger partial charge on any atom is 0.272 e. The zero-order valence-electron chi connectivity index (χ0n) is 9.76. The molecule has 0 amide bonds. The highest BCUT2D eigenvalue weighted by molar-refractivity contribution is 7.91. The van der Waals surface area contributed by atoms with E-state index in [0.717, 1.165) is 11.3 Å². The number of nitrogens with zero attached hydrogens (tertiary/aromatic N) is 3. The molecule has 0 aliphatic rings. The van der Waals surface area contributed by atoms with Gasteiger partial charge in [-0.15, -0.1) is 10.2 Å². The van der Waals surface area contributed by atoms with E-state index in [1.165, 1.54) is 11.4 Å². The van der Waals surface area contributed by atoms with Crippen molar-refractivity contribution in [2.45, 2.75) is 37.1 Å². The second-order valence-corrected chi connectivity index (χ2v) is 7.20. The third kappa shape index (κ3) is 2.33. The van der Waals surface area contributed by atoms with Crippen molar-refractivity contribution in [3.05, 3.63) is 0 Å². The molecule has 2 N–H and O–H groups in total. The van der Waals surface area contributed by atoms with E-state index in [-0.39, 0.29) is 9.47 Å². The van der Waals surface area contributed by atoms with Crippen LogP contribution in [0.2, 0.25) is 0 Å². The smallest absolute Gasteiger partial charge is 0.272 e. The number of sulfonamides is 1. The Bertz CT molecular complexity index is 466. The number of nitrogen functional groups attached to an aromatic ring is 1. The number of rotatable bonds is 4. The molecule has 1 rings (SSSR count). The van der Waals surface area contributed by atoms with Crippen molar-refractivity contribution >= 4 is 26.5 Å². The van der Waals surface area contributed by atoms with Gasteiger partial charge in [-0.05, 0) is 20.3 Å². The van der Waals surface area contributed by atoms with Crippen molar-refractivity contribution in [3.8, 4) is 0 Å². The van der Waals surface area contributed by atoms with Gasteiger partial charge in [0.05, 0.1) is 0 Å². The summed E-state index contributed by atoms with van der Waals surface area (Å²) in [4.78, 5) is 0. The van der Waals surface area contributed by atoms with Gasteiger partial charge in [-0.3, -0.25) is 0 Å². The van der Waals surface area contributed by atoms with Crippen LogP contribution in [0.4, 0.5) is 5.13 Å². The molecule has 0 saturated carbocycles. The van der Waals surface area contributed by atoms with Gasteiger partial charge in [0.25, 0.3) is 10.0 Å². The fraction of sp³-hybridized carbons (Fsp3) is 0.750. The van der Waals surface area contributed by atoms with Crippen LogP contribution in [0.3, 0.4) is 0 Å². The van der Waals surface area contributed by atoms with Crippen LogP contribution in [-0.4, -0.2) is 35.5 Å². The molecule has 0 unspecified atom stereocenters. The largest absolute Gasteiger partial charge is 0.374 e. The van der Waals surface area contributed by atoms with Crippen molar-refractivity contribution in [1.82, 2.24) is 14.5 Å². The van der Waals surface area contributed by atoms with Crippen LogP contribution >= 0.6 is 11.3 Å². The Morgan fingerprint density at radius 1 is 1.44 bits per heavy atom. The molecule has 0 spiro atoms. The van der Waals surface area contributed by atoms with Crippen molar-refractivity contribution in [3.63, 3.8) is 0 Å². The highest BCUT2D eigenvalue weighted by Gasteiger charge is 2.34. The van der Waals surface area contributed by atoms with Gasteiger partial charge in [0, 0.05) is 12.6 Å². The van der Waals surface area contributed by atoms with Crippen LogP contribution in [0, 0.1) is 0 Å². The van der Waals surface area contributed by atoms with Crippen molar-refractivity contribution < 1.29 is 8.42 Å². The zero-order valence-corrected chi connectivity index (χ0v) is 11.4. The van der Waals surface area contributed by atoms with Crippen molar-refractivity contribution in [1.29, 1.82) is 0 Å². The average Bonchev–Trinajstić information content (AvgIpc) is 2.64. The lowest BCUT2D eigenvalue weighted by Crippen LogP contribution is -2.44. The van der Waals surface area contributed by atoms with E-state index in [1.54, 1.807) is 0 Å². The maximum atomic E-state index is 12.1. The molecule has 0 radical (unpaired) electrons. The Balaban J connectivity index is 3.13. The van der Waals surface area contributed by atoms with Crippen LogP contribution in [0.25, 0.3) is 0 Å². The van der Waals surface area contributed by atoms with E-state index < -0.39 is 15.6 Å². The third-order valence-electron chi connectivity index (χ3n) is 2.72. The van der Waals surface area contributed by atoms with Crippen molar-refractivity contribution in [2.24, 2.45) is 0 Å². The van der Waals surface area contributed by atoms with E-state index in [0.29, 0.717) is 6.42 Å². The zero-order chi connectivity index (χ0) is 12.6. The summed E-state index contributed by atoms with van der Waals surface area (Å²) in [6, 6.07) is 0. The molecular formula is C8H16N4O2S2. The second-order valence-electron chi connectivity index (χ2n) is 4.04. The number of hydrogen-bond donors (Lipinski definition) is 1.